The van der Waals surface area contributed by atoms with E-state index in [2.05, 4.69) is 17.3 Å². The Hall–Kier alpha value is -1.11. The highest BCUT2D eigenvalue weighted by Crippen LogP contribution is 2.17. The van der Waals surface area contributed by atoms with Gasteiger partial charge in [0.15, 0.2) is 0 Å². The first kappa shape index (κ1) is 13.3. The fourth-order valence-corrected chi connectivity index (χ4v) is 2.78. The Kier molecular flexibility index (Phi) is 3.89. The van der Waals surface area contributed by atoms with Gasteiger partial charge in [-0.3, -0.25) is 0 Å². The molecule has 6 heteroatoms. The van der Waals surface area contributed by atoms with E-state index in [1.165, 1.54) is 18.6 Å². The molecule has 5 nitrogen and oxygen atoms in total. The number of sulfonamides is 1. The van der Waals surface area contributed by atoms with E-state index in [1.54, 1.807) is 12.1 Å². The maximum absolute atomic E-state index is 11.1. The van der Waals surface area contributed by atoms with Crippen LogP contribution < -0.4 is 10.5 Å². The van der Waals surface area contributed by atoms with Crippen molar-refractivity contribution in [3.8, 4) is 0 Å². The Labute approximate surface area is 108 Å². The molecule has 0 saturated carbocycles. The Morgan fingerprint density at radius 2 is 2.00 bits per heavy atom. The number of hydrogen-bond acceptors (Lipinski definition) is 4. The van der Waals surface area contributed by atoms with Gasteiger partial charge in [-0.2, -0.15) is 0 Å². The molecule has 1 unspecified atom stereocenters. The number of likely N-dealkylation sites (N-methyl/N-ethyl adjacent to an activating group) is 1. The number of benzene rings is 1. The van der Waals surface area contributed by atoms with Crippen molar-refractivity contribution in [1.82, 2.24) is 4.90 Å². The normalized spacial score (nSPS) is 21.8. The molecule has 0 spiro atoms. The van der Waals surface area contributed by atoms with Crippen LogP contribution in [0, 0.1) is 0 Å². The summed E-state index contributed by atoms with van der Waals surface area (Å²) in [5.41, 5.74) is 0.933. The number of likely N-dealkylation sites (tertiary alicyclic amines) is 1. The van der Waals surface area contributed by atoms with Crippen molar-refractivity contribution < 1.29 is 8.42 Å². The zero-order valence-corrected chi connectivity index (χ0v) is 11.3. The summed E-state index contributed by atoms with van der Waals surface area (Å²) in [6.07, 6.45) is 2.32. The van der Waals surface area contributed by atoms with Gasteiger partial charge < -0.3 is 10.2 Å². The zero-order chi connectivity index (χ0) is 13.2. The van der Waals surface area contributed by atoms with Crippen molar-refractivity contribution >= 4 is 15.7 Å². The van der Waals surface area contributed by atoms with E-state index in [-0.39, 0.29) is 4.90 Å². The minimum atomic E-state index is -3.60. The molecule has 2 rings (SSSR count). The quantitative estimate of drug-likeness (QED) is 0.852. The van der Waals surface area contributed by atoms with E-state index in [4.69, 9.17) is 5.14 Å². The van der Waals surface area contributed by atoms with Crippen LogP contribution in [-0.4, -0.2) is 39.5 Å². The summed E-state index contributed by atoms with van der Waals surface area (Å²) in [7, 11) is -1.49. The van der Waals surface area contributed by atoms with Gasteiger partial charge in [-0.15, -0.1) is 0 Å². The van der Waals surface area contributed by atoms with Crippen LogP contribution in [0.3, 0.4) is 0 Å². The van der Waals surface area contributed by atoms with Gasteiger partial charge in [-0.1, -0.05) is 0 Å². The first-order valence-corrected chi connectivity index (χ1v) is 7.58. The van der Waals surface area contributed by atoms with Crippen LogP contribution in [0.4, 0.5) is 5.69 Å². The molecule has 1 atom stereocenters. The number of hydrogen-bond donors (Lipinski definition) is 2. The van der Waals surface area contributed by atoms with Crippen molar-refractivity contribution in [2.45, 2.75) is 23.8 Å². The van der Waals surface area contributed by atoms with Crippen molar-refractivity contribution in [3.63, 3.8) is 0 Å². The van der Waals surface area contributed by atoms with Crippen molar-refractivity contribution in [3.05, 3.63) is 24.3 Å². The number of nitrogens with zero attached hydrogens (tertiary/aromatic N) is 1. The molecule has 1 saturated heterocycles. The van der Waals surface area contributed by atoms with E-state index in [9.17, 15) is 8.42 Å². The third-order valence-electron chi connectivity index (χ3n) is 3.18. The first-order valence-electron chi connectivity index (χ1n) is 6.03. The van der Waals surface area contributed by atoms with Crippen molar-refractivity contribution in [2.24, 2.45) is 5.14 Å². The number of nitrogens with two attached hydrogens (primary N) is 1. The lowest BCUT2D eigenvalue weighted by Gasteiger charge is -2.30. The lowest BCUT2D eigenvalue weighted by Crippen LogP contribution is -2.39. The van der Waals surface area contributed by atoms with E-state index in [0.717, 1.165) is 25.2 Å². The van der Waals surface area contributed by atoms with Crippen LogP contribution in [0.1, 0.15) is 12.8 Å². The van der Waals surface area contributed by atoms with Crippen LogP contribution in [0.5, 0.6) is 0 Å². The molecule has 0 radical (unpaired) electrons. The molecule has 1 aromatic carbocycles. The molecule has 1 aromatic rings. The van der Waals surface area contributed by atoms with Crippen LogP contribution in [-0.2, 0) is 10.0 Å². The van der Waals surface area contributed by atoms with Crippen LogP contribution in [0.25, 0.3) is 0 Å². The Balaban J connectivity index is 2.02. The number of nitrogens with one attached hydrogen (secondary N) is 1. The van der Waals surface area contributed by atoms with Crippen LogP contribution in [0.2, 0.25) is 0 Å². The fraction of sp³-hybridized carbons (Fsp3) is 0.500. The predicted molar refractivity (Wildman–Crippen MR) is 72.0 cm³/mol. The number of anilines is 1. The molecule has 0 aliphatic carbocycles. The summed E-state index contributed by atoms with van der Waals surface area (Å²) < 4.78 is 22.3. The summed E-state index contributed by atoms with van der Waals surface area (Å²) in [6, 6.07) is 7.00. The largest absolute Gasteiger partial charge is 0.381 e. The SMILES string of the molecule is CN1CCCC(Nc2ccc(S(N)(=O)=O)cc2)C1. The molecule has 18 heavy (non-hydrogen) atoms. The maximum Gasteiger partial charge on any atom is 0.238 e. The van der Waals surface area contributed by atoms with Gasteiger partial charge in [0.2, 0.25) is 10.0 Å². The monoisotopic (exact) mass is 269 g/mol. The second-order valence-corrected chi connectivity index (χ2v) is 6.38. The van der Waals surface area contributed by atoms with Gasteiger partial charge in [0.1, 0.15) is 0 Å². The van der Waals surface area contributed by atoms with Gasteiger partial charge in [0.25, 0.3) is 0 Å². The minimum Gasteiger partial charge on any atom is -0.381 e. The van der Waals surface area contributed by atoms with E-state index in [1.807, 2.05) is 0 Å². The standard InChI is InChI=1S/C12H19N3O2S/c1-15-8-2-3-11(9-15)14-10-4-6-12(7-5-10)18(13,16)17/h4-7,11,14H,2-3,8-9H2,1H3,(H2,13,16,17). The first-order chi connectivity index (χ1) is 8.45. The fourth-order valence-electron chi connectivity index (χ4n) is 2.26. The number of piperidine rings is 1. The molecule has 0 aromatic heterocycles. The lowest BCUT2D eigenvalue weighted by atomic mass is 10.1. The molecule has 0 bridgehead atoms. The number of rotatable bonds is 3. The predicted octanol–water partition coefficient (Wildman–Crippen LogP) is 0.840. The highest BCUT2D eigenvalue weighted by atomic mass is 32.2. The second-order valence-electron chi connectivity index (χ2n) is 4.82. The van der Waals surface area contributed by atoms with Crippen LogP contribution >= 0.6 is 0 Å². The topological polar surface area (TPSA) is 75.4 Å². The summed E-state index contributed by atoms with van der Waals surface area (Å²) in [4.78, 5) is 2.44. The molecule has 3 N–H and O–H groups in total. The smallest absolute Gasteiger partial charge is 0.238 e. The highest BCUT2D eigenvalue weighted by Gasteiger charge is 2.16. The molecule has 0 amide bonds. The van der Waals surface area contributed by atoms with Gasteiger partial charge >= 0.3 is 0 Å². The van der Waals surface area contributed by atoms with Crippen molar-refractivity contribution in [1.29, 1.82) is 0 Å². The molecule has 1 aliphatic heterocycles. The van der Waals surface area contributed by atoms with E-state index in [0.29, 0.717) is 6.04 Å². The minimum absolute atomic E-state index is 0.147. The molecule has 1 aliphatic rings. The number of primary sulfonamides is 1. The van der Waals surface area contributed by atoms with E-state index < -0.39 is 10.0 Å². The van der Waals surface area contributed by atoms with E-state index >= 15 is 0 Å². The van der Waals surface area contributed by atoms with Gasteiger partial charge in [0, 0.05) is 18.3 Å². The molecule has 1 heterocycles. The average molecular weight is 269 g/mol. The van der Waals surface area contributed by atoms with Crippen molar-refractivity contribution in [2.75, 3.05) is 25.5 Å². The molecular formula is C12H19N3O2S. The van der Waals surface area contributed by atoms with Gasteiger partial charge in [-0.25, -0.2) is 13.6 Å². The maximum atomic E-state index is 11.1. The third kappa shape index (κ3) is 3.44. The molecule has 100 valence electrons. The Bertz CT molecular complexity index is 499. The van der Waals surface area contributed by atoms with Gasteiger partial charge in [0.05, 0.1) is 4.90 Å². The third-order valence-corrected chi connectivity index (χ3v) is 4.11. The lowest BCUT2D eigenvalue weighted by molar-refractivity contribution is 0.261. The molecular weight excluding hydrogens is 250 g/mol. The summed E-state index contributed by atoms with van der Waals surface area (Å²) >= 11 is 0. The second kappa shape index (κ2) is 5.26. The zero-order valence-electron chi connectivity index (χ0n) is 10.5. The Morgan fingerprint density at radius 3 is 2.56 bits per heavy atom. The summed E-state index contributed by atoms with van der Waals surface area (Å²) in [5, 5.41) is 8.47. The summed E-state index contributed by atoms with van der Waals surface area (Å²) in [5.74, 6) is 0. The average Bonchev–Trinajstić information content (AvgIpc) is 2.28. The highest BCUT2D eigenvalue weighted by molar-refractivity contribution is 7.89. The van der Waals surface area contributed by atoms with Crippen LogP contribution in [0.15, 0.2) is 29.2 Å². The van der Waals surface area contributed by atoms with Gasteiger partial charge in [-0.05, 0) is 50.7 Å². The summed E-state index contributed by atoms with van der Waals surface area (Å²) in [6.45, 7) is 2.15. The molecule has 1 fully saturated rings. The Morgan fingerprint density at radius 1 is 1.33 bits per heavy atom.